The third-order valence-electron chi connectivity index (χ3n) is 4.73. The summed E-state index contributed by atoms with van der Waals surface area (Å²) in [7, 11) is 0. The zero-order valence-electron chi connectivity index (χ0n) is 14.0. The topological polar surface area (TPSA) is 46.9 Å². The zero-order chi connectivity index (χ0) is 16.7. The molecular formula is C19H21N3OS. The molecular weight excluding hydrogens is 318 g/mol. The lowest BCUT2D eigenvalue weighted by molar-refractivity contribution is 0.424. The van der Waals surface area contributed by atoms with Crippen molar-refractivity contribution in [3.8, 4) is 0 Å². The first-order valence-electron chi connectivity index (χ1n) is 8.44. The molecule has 3 heterocycles. The zero-order valence-corrected chi connectivity index (χ0v) is 14.8. The molecule has 1 N–H and O–H groups in total. The third-order valence-corrected chi connectivity index (χ3v) is 5.87. The molecule has 0 unspecified atom stereocenters. The summed E-state index contributed by atoms with van der Waals surface area (Å²) in [5.41, 5.74) is 2.46. The SMILES string of the molecule is CC(C)[C@H](c1ccccc1)n1cnc2sc3c(c2c1=O)CCNC3. The van der Waals surface area contributed by atoms with Crippen molar-refractivity contribution < 1.29 is 0 Å². The second-order valence-electron chi connectivity index (χ2n) is 6.67. The van der Waals surface area contributed by atoms with Crippen molar-refractivity contribution >= 4 is 21.6 Å². The van der Waals surface area contributed by atoms with E-state index < -0.39 is 0 Å². The van der Waals surface area contributed by atoms with E-state index in [1.54, 1.807) is 17.7 Å². The molecule has 0 radical (unpaired) electrons. The molecule has 5 heteroatoms. The summed E-state index contributed by atoms with van der Waals surface area (Å²) in [6.07, 6.45) is 2.64. The van der Waals surface area contributed by atoms with Crippen LogP contribution in [0.4, 0.5) is 0 Å². The average Bonchev–Trinajstić information content (AvgIpc) is 2.97. The molecule has 2 aromatic heterocycles. The van der Waals surface area contributed by atoms with E-state index in [0.29, 0.717) is 5.92 Å². The predicted molar refractivity (Wildman–Crippen MR) is 98.7 cm³/mol. The van der Waals surface area contributed by atoms with Crippen molar-refractivity contribution in [2.45, 2.75) is 32.9 Å². The fourth-order valence-corrected chi connectivity index (χ4v) is 4.79. The molecule has 1 aliphatic rings. The standard InChI is InChI=1S/C19H21N3OS/c1-12(2)17(13-6-4-3-5-7-13)22-11-21-18-16(19(22)23)14-8-9-20-10-15(14)24-18/h3-7,11-12,17,20H,8-10H2,1-2H3/t17-/m1/s1. The molecule has 0 saturated carbocycles. The monoisotopic (exact) mass is 339 g/mol. The molecule has 4 nitrogen and oxygen atoms in total. The van der Waals surface area contributed by atoms with Gasteiger partial charge in [0.2, 0.25) is 0 Å². The molecule has 4 rings (SSSR count). The van der Waals surface area contributed by atoms with Gasteiger partial charge in [-0.3, -0.25) is 9.36 Å². The van der Waals surface area contributed by atoms with E-state index in [1.807, 2.05) is 22.8 Å². The first-order valence-corrected chi connectivity index (χ1v) is 9.25. The Bertz CT molecular complexity index is 927. The van der Waals surface area contributed by atoms with Crippen LogP contribution in [0.3, 0.4) is 0 Å². The Labute approximate surface area is 145 Å². The number of rotatable bonds is 3. The van der Waals surface area contributed by atoms with Crippen LogP contribution in [0.1, 0.15) is 35.9 Å². The molecule has 1 aliphatic heterocycles. The minimum atomic E-state index is 0.00728. The summed E-state index contributed by atoms with van der Waals surface area (Å²) in [6, 6.07) is 10.3. The first-order chi connectivity index (χ1) is 11.7. The highest BCUT2D eigenvalue weighted by atomic mass is 32.1. The Hall–Kier alpha value is -1.98. The Kier molecular flexibility index (Phi) is 3.98. The van der Waals surface area contributed by atoms with Crippen molar-refractivity contribution in [1.29, 1.82) is 0 Å². The van der Waals surface area contributed by atoms with E-state index in [1.165, 1.54) is 10.4 Å². The van der Waals surface area contributed by atoms with Crippen molar-refractivity contribution in [2.24, 2.45) is 5.92 Å². The van der Waals surface area contributed by atoms with Crippen LogP contribution in [-0.4, -0.2) is 16.1 Å². The largest absolute Gasteiger partial charge is 0.312 e. The Morgan fingerprint density at radius 1 is 1.25 bits per heavy atom. The van der Waals surface area contributed by atoms with Gasteiger partial charge in [0.15, 0.2) is 0 Å². The van der Waals surface area contributed by atoms with Crippen LogP contribution in [0.2, 0.25) is 0 Å². The minimum Gasteiger partial charge on any atom is -0.312 e. The molecule has 0 bridgehead atoms. The lowest BCUT2D eigenvalue weighted by atomic mass is 9.95. The first kappa shape index (κ1) is 15.5. The normalized spacial score (nSPS) is 15.6. The molecule has 0 fully saturated rings. The molecule has 0 amide bonds. The van der Waals surface area contributed by atoms with Crippen LogP contribution in [-0.2, 0) is 13.0 Å². The summed E-state index contributed by atoms with van der Waals surface area (Å²) >= 11 is 1.65. The molecule has 1 aromatic carbocycles. The number of nitrogens with one attached hydrogen (secondary N) is 1. The number of benzene rings is 1. The quantitative estimate of drug-likeness (QED) is 0.796. The number of nitrogens with zero attached hydrogens (tertiary/aromatic N) is 2. The van der Waals surface area contributed by atoms with Crippen LogP contribution in [0.5, 0.6) is 0 Å². The van der Waals surface area contributed by atoms with Gasteiger partial charge in [0.1, 0.15) is 4.83 Å². The van der Waals surface area contributed by atoms with Crippen LogP contribution in [0.15, 0.2) is 41.5 Å². The second-order valence-corrected chi connectivity index (χ2v) is 7.75. The minimum absolute atomic E-state index is 0.00728. The number of thiophene rings is 1. The second kappa shape index (κ2) is 6.15. The summed E-state index contributed by atoms with van der Waals surface area (Å²) in [5, 5.41) is 4.21. The summed E-state index contributed by atoms with van der Waals surface area (Å²) in [6.45, 7) is 6.09. The highest BCUT2D eigenvalue weighted by molar-refractivity contribution is 7.18. The van der Waals surface area contributed by atoms with E-state index in [-0.39, 0.29) is 11.6 Å². The van der Waals surface area contributed by atoms with Crippen LogP contribution in [0.25, 0.3) is 10.2 Å². The number of aromatic nitrogens is 2. The Balaban J connectivity index is 1.93. The van der Waals surface area contributed by atoms with Gasteiger partial charge in [0, 0.05) is 11.4 Å². The molecule has 24 heavy (non-hydrogen) atoms. The lowest BCUT2D eigenvalue weighted by Crippen LogP contribution is -2.30. The van der Waals surface area contributed by atoms with Crippen molar-refractivity contribution in [1.82, 2.24) is 14.9 Å². The van der Waals surface area contributed by atoms with Gasteiger partial charge in [-0.2, -0.15) is 0 Å². The maximum Gasteiger partial charge on any atom is 0.262 e. The van der Waals surface area contributed by atoms with Crippen LogP contribution < -0.4 is 10.9 Å². The van der Waals surface area contributed by atoms with Crippen molar-refractivity contribution in [3.63, 3.8) is 0 Å². The van der Waals surface area contributed by atoms with E-state index in [9.17, 15) is 4.79 Å². The maximum atomic E-state index is 13.3. The smallest absolute Gasteiger partial charge is 0.262 e. The van der Waals surface area contributed by atoms with Crippen LogP contribution >= 0.6 is 11.3 Å². The molecule has 3 aromatic rings. The Morgan fingerprint density at radius 3 is 2.79 bits per heavy atom. The fraction of sp³-hybridized carbons (Fsp3) is 0.368. The summed E-state index contributed by atoms with van der Waals surface area (Å²) in [4.78, 5) is 20.1. The van der Waals surface area contributed by atoms with Gasteiger partial charge < -0.3 is 5.32 Å². The molecule has 0 spiro atoms. The Morgan fingerprint density at radius 2 is 2.04 bits per heavy atom. The van der Waals surface area contributed by atoms with Crippen molar-refractivity contribution in [3.05, 3.63) is 63.0 Å². The van der Waals surface area contributed by atoms with Gasteiger partial charge in [-0.1, -0.05) is 44.2 Å². The van der Waals surface area contributed by atoms with Gasteiger partial charge in [0.05, 0.1) is 17.8 Å². The number of fused-ring (bicyclic) bond motifs is 3. The summed E-state index contributed by atoms with van der Waals surface area (Å²) in [5.74, 6) is 0.306. The average molecular weight is 339 g/mol. The maximum absolute atomic E-state index is 13.3. The van der Waals surface area contributed by atoms with E-state index in [2.05, 4.69) is 36.3 Å². The van der Waals surface area contributed by atoms with Gasteiger partial charge in [-0.25, -0.2) is 4.98 Å². The lowest BCUT2D eigenvalue weighted by Gasteiger charge is -2.24. The predicted octanol–water partition coefficient (Wildman–Crippen LogP) is 3.35. The molecule has 0 saturated heterocycles. The van der Waals surface area contributed by atoms with Gasteiger partial charge in [0.25, 0.3) is 5.56 Å². The van der Waals surface area contributed by atoms with Gasteiger partial charge in [-0.05, 0) is 30.0 Å². The highest BCUT2D eigenvalue weighted by Gasteiger charge is 2.24. The molecule has 124 valence electrons. The van der Waals surface area contributed by atoms with Crippen LogP contribution in [0, 0.1) is 5.92 Å². The van der Waals surface area contributed by atoms with Gasteiger partial charge >= 0.3 is 0 Å². The molecule has 0 aliphatic carbocycles. The number of hydrogen-bond donors (Lipinski definition) is 1. The third kappa shape index (κ3) is 2.48. The highest BCUT2D eigenvalue weighted by Crippen LogP contribution is 2.31. The summed E-state index contributed by atoms with van der Waals surface area (Å²) < 4.78 is 1.83. The van der Waals surface area contributed by atoms with Crippen molar-refractivity contribution in [2.75, 3.05) is 6.54 Å². The van der Waals surface area contributed by atoms with Gasteiger partial charge in [-0.15, -0.1) is 11.3 Å². The fourth-order valence-electron chi connectivity index (χ4n) is 3.64. The van der Waals surface area contributed by atoms with E-state index >= 15 is 0 Å². The van der Waals surface area contributed by atoms with E-state index in [0.717, 1.165) is 35.3 Å². The number of hydrogen-bond acceptors (Lipinski definition) is 4. The molecule has 1 atom stereocenters. The van der Waals surface area contributed by atoms with E-state index in [4.69, 9.17) is 0 Å².